The molecule has 1 aliphatic rings. The third kappa shape index (κ3) is 4.56. The highest BCUT2D eigenvalue weighted by Crippen LogP contribution is 2.39. The Morgan fingerprint density at radius 2 is 1.63 bits per heavy atom. The summed E-state index contributed by atoms with van der Waals surface area (Å²) in [6.45, 7) is 0.574. The summed E-state index contributed by atoms with van der Waals surface area (Å²) in [4.78, 5) is 37.1. The lowest BCUT2D eigenvalue weighted by molar-refractivity contribution is -0.121. The first-order valence-electron chi connectivity index (χ1n) is 10.2. The van der Waals surface area contributed by atoms with Crippen LogP contribution in [0.2, 0.25) is 0 Å². The van der Waals surface area contributed by atoms with Gasteiger partial charge in [-0.1, -0.05) is 48.5 Å². The molecule has 1 aromatic heterocycles. The van der Waals surface area contributed by atoms with E-state index in [1.165, 1.54) is 4.68 Å². The van der Waals surface area contributed by atoms with Gasteiger partial charge >= 0.3 is 5.69 Å². The Morgan fingerprint density at radius 1 is 0.967 bits per heavy atom. The summed E-state index contributed by atoms with van der Waals surface area (Å²) >= 11 is 0. The maximum Gasteiger partial charge on any atom is 0.350 e. The Morgan fingerprint density at radius 3 is 2.30 bits per heavy atom. The first-order chi connectivity index (χ1) is 14.6. The zero-order chi connectivity index (χ0) is 20.9. The monoisotopic (exact) mass is 404 g/mol. The van der Waals surface area contributed by atoms with Crippen molar-refractivity contribution in [3.8, 4) is 5.69 Å². The summed E-state index contributed by atoms with van der Waals surface area (Å²) in [6, 6.07) is 18.4. The second-order valence-electron chi connectivity index (χ2n) is 7.45. The summed E-state index contributed by atoms with van der Waals surface area (Å²) in [5.74, 6) is 0.832. The van der Waals surface area contributed by atoms with E-state index in [0.29, 0.717) is 11.5 Å². The van der Waals surface area contributed by atoms with Gasteiger partial charge in [0.05, 0.1) is 12.2 Å². The molecule has 7 nitrogen and oxygen atoms in total. The van der Waals surface area contributed by atoms with Crippen LogP contribution >= 0.6 is 0 Å². The van der Waals surface area contributed by atoms with Crippen molar-refractivity contribution >= 4 is 11.7 Å². The van der Waals surface area contributed by atoms with Gasteiger partial charge in [0.1, 0.15) is 5.82 Å². The van der Waals surface area contributed by atoms with Gasteiger partial charge in [0.2, 0.25) is 5.91 Å². The minimum atomic E-state index is -0.211. The number of carbonyl (C=O) groups excluding carboxylic acids is 2. The van der Waals surface area contributed by atoms with Gasteiger partial charge in [0, 0.05) is 30.9 Å². The Hall–Kier alpha value is -3.48. The van der Waals surface area contributed by atoms with Crippen molar-refractivity contribution in [3.05, 3.63) is 82.5 Å². The molecule has 0 spiro atoms. The predicted octanol–water partition coefficient (Wildman–Crippen LogP) is 2.69. The standard InChI is InChI=1S/C23H24N4O3/c28-20(17-7-3-1-4-8-17)13-14-21(29)24-15-16-26-23(30)27(19-9-5-2-6-10-19)22(25-26)18-11-12-18/h1-10,18H,11-16H2,(H,24,29). The van der Waals surface area contributed by atoms with Crippen LogP contribution in [-0.2, 0) is 11.3 Å². The van der Waals surface area contributed by atoms with Gasteiger partial charge < -0.3 is 5.32 Å². The highest BCUT2D eigenvalue weighted by atomic mass is 16.2. The molecule has 4 rings (SSSR count). The number of rotatable bonds is 9. The topological polar surface area (TPSA) is 86.0 Å². The number of Topliss-reactive ketones (excluding diaryl/α,β-unsaturated/α-hetero) is 1. The fourth-order valence-electron chi connectivity index (χ4n) is 3.38. The van der Waals surface area contributed by atoms with Crippen molar-refractivity contribution in [1.82, 2.24) is 19.7 Å². The molecule has 154 valence electrons. The number of nitrogens with one attached hydrogen (secondary N) is 1. The summed E-state index contributed by atoms with van der Waals surface area (Å²) in [5.41, 5.74) is 1.21. The molecule has 0 bridgehead atoms. The minimum absolute atomic E-state index is 0.0577. The second kappa shape index (κ2) is 8.90. The largest absolute Gasteiger partial charge is 0.354 e. The number of carbonyl (C=O) groups is 2. The average molecular weight is 404 g/mol. The zero-order valence-electron chi connectivity index (χ0n) is 16.7. The fraction of sp³-hybridized carbons (Fsp3) is 0.304. The first-order valence-corrected chi connectivity index (χ1v) is 10.2. The molecular formula is C23H24N4O3. The van der Waals surface area contributed by atoms with Gasteiger partial charge in [-0.15, -0.1) is 0 Å². The molecule has 0 saturated heterocycles. The summed E-state index contributed by atoms with van der Waals surface area (Å²) in [7, 11) is 0. The van der Waals surface area contributed by atoms with E-state index >= 15 is 0 Å². The van der Waals surface area contributed by atoms with Gasteiger partial charge in [-0.3, -0.25) is 9.59 Å². The number of benzene rings is 2. The molecule has 1 amide bonds. The minimum Gasteiger partial charge on any atom is -0.354 e. The van der Waals surface area contributed by atoms with E-state index in [2.05, 4.69) is 10.4 Å². The van der Waals surface area contributed by atoms with Gasteiger partial charge in [-0.2, -0.15) is 5.10 Å². The van der Waals surface area contributed by atoms with Crippen molar-refractivity contribution in [2.45, 2.75) is 38.1 Å². The highest BCUT2D eigenvalue weighted by Gasteiger charge is 2.31. The first kappa shape index (κ1) is 19.8. The average Bonchev–Trinajstić information content (AvgIpc) is 3.57. The number of hydrogen-bond donors (Lipinski definition) is 1. The number of para-hydroxylation sites is 1. The van der Waals surface area contributed by atoms with E-state index in [4.69, 9.17) is 0 Å². The van der Waals surface area contributed by atoms with E-state index in [0.717, 1.165) is 24.4 Å². The lowest BCUT2D eigenvalue weighted by atomic mass is 10.1. The maximum absolute atomic E-state index is 12.9. The molecule has 1 heterocycles. The molecule has 0 radical (unpaired) electrons. The van der Waals surface area contributed by atoms with Crippen LogP contribution in [-0.4, -0.2) is 32.6 Å². The lowest BCUT2D eigenvalue weighted by Crippen LogP contribution is -2.32. The quantitative estimate of drug-likeness (QED) is 0.556. The number of hydrogen-bond acceptors (Lipinski definition) is 4. The van der Waals surface area contributed by atoms with Crippen LogP contribution in [0.15, 0.2) is 65.5 Å². The van der Waals surface area contributed by atoms with Crippen LogP contribution in [0, 0.1) is 0 Å². The summed E-state index contributed by atoms with van der Waals surface area (Å²) < 4.78 is 3.08. The fourth-order valence-corrected chi connectivity index (χ4v) is 3.38. The molecule has 2 aromatic carbocycles. The van der Waals surface area contributed by atoms with E-state index < -0.39 is 0 Å². The molecule has 7 heteroatoms. The van der Waals surface area contributed by atoms with Gasteiger partial charge in [0.25, 0.3) is 0 Å². The molecular weight excluding hydrogens is 380 g/mol. The molecule has 1 fully saturated rings. The highest BCUT2D eigenvalue weighted by molar-refractivity contribution is 5.97. The zero-order valence-corrected chi connectivity index (χ0v) is 16.7. The van der Waals surface area contributed by atoms with E-state index in [1.54, 1.807) is 28.8 Å². The molecule has 0 aliphatic heterocycles. The van der Waals surface area contributed by atoms with Crippen molar-refractivity contribution in [2.75, 3.05) is 6.54 Å². The second-order valence-corrected chi connectivity index (χ2v) is 7.45. The third-order valence-electron chi connectivity index (χ3n) is 5.14. The van der Waals surface area contributed by atoms with Crippen molar-refractivity contribution in [1.29, 1.82) is 0 Å². The molecule has 30 heavy (non-hydrogen) atoms. The number of ketones is 1. The van der Waals surface area contributed by atoms with Crippen LogP contribution in [0.3, 0.4) is 0 Å². The molecule has 1 saturated carbocycles. The van der Waals surface area contributed by atoms with Crippen LogP contribution in [0.5, 0.6) is 0 Å². The summed E-state index contributed by atoms with van der Waals surface area (Å²) in [5, 5.41) is 7.30. The molecule has 0 atom stereocenters. The Bertz CT molecular complexity index is 1080. The smallest absolute Gasteiger partial charge is 0.350 e. The van der Waals surface area contributed by atoms with E-state index in [9.17, 15) is 14.4 Å². The maximum atomic E-state index is 12.9. The van der Waals surface area contributed by atoms with Crippen LogP contribution in [0.1, 0.15) is 47.8 Å². The number of aromatic nitrogens is 3. The predicted molar refractivity (Wildman–Crippen MR) is 113 cm³/mol. The molecule has 1 aliphatic carbocycles. The van der Waals surface area contributed by atoms with Gasteiger partial charge in [-0.05, 0) is 25.0 Å². The van der Waals surface area contributed by atoms with Crippen molar-refractivity contribution in [3.63, 3.8) is 0 Å². The van der Waals surface area contributed by atoms with E-state index in [-0.39, 0.29) is 43.3 Å². The van der Waals surface area contributed by atoms with E-state index in [1.807, 2.05) is 36.4 Å². The molecule has 3 aromatic rings. The molecule has 1 N–H and O–H groups in total. The Labute approximate surface area is 174 Å². The van der Waals surface area contributed by atoms with Gasteiger partial charge in [-0.25, -0.2) is 14.0 Å². The SMILES string of the molecule is O=C(CCC(=O)c1ccccc1)NCCn1nc(C2CC2)n(-c2ccccc2)c1=O. The lowest BCUT2D eigenvalue weighted by Gasteiger charge is -2.05. The normalized spacial score (nSPS) is 13.2. The Kier molecular flexibility index (Phi) is 5.88. The Balaban J connectivity index is 1.34. The van der Waals surface area contributed by atoms with Crippen LogP contribution in [0.4, 0.5) is 0 Å². The molecule has 0 unspecified atom stereocenters. The van der Waals surface area contributed by atoms with Crippen molar-refractivity contribution in [2.24, 2.45) is 0 Å². The van der Waals surface area contributed by atoms with Crippen molar-refractivity contribution < 1.29 is 9.59 Å². The van der Waals surface area contributed by atoms with Gasteiger partial charge in [0.15, 0.2) is 5.78 Å². The number of nitrogens with zero attached hydrogens (tertiary/aromatic N) is 3. The third-order valence-corrected chi connectivity index (χ3v) is 5.14. The number of amides is 1. The van der Waals surface area contributed by atoms with Crippen LogP contribution < -0.4 is 11.0 Å². The summed E-state index contributed by atoms with van der Waals surface area (Å²) in [6.07, 6.45) is 2.35. The van der Waals surface area contributed by atoms with Crippen LogP contribution in [0.25, 0.3) is 5.69 Å².